The summed E-state index contributed by atoms with van der Waals surface area (Å²) in [6, 6.07) is 5.64. The minimum Gasteiger partial charge on any atom is -0.493 e. The van der Waals surface area contributed by atoms with E-state index in [1.54, 1.807) is 19.1 Å². The second-order valence-corrected chi connectivity index (χ2v) is 10.2. The van der Waals surface area contributed by atoms with Gasteiger partial charge in [-0.3, -0.25) is 4.79 Å². The van der Waals surface area contributed by atoms with Crippen molar-refractivity contribution >= 4 is 5.91 Å². The van der Waals surface area contributed by atoms with Crippen LogP contribution in [-0.2, 0) is 16.0 Å². The fourth-order valence-electron chi connectivity index (χ4n) is 4.33. The SMILES string of the molecule is COCCCOc1cc(C[C@@H](C[C@H](N)[C@@H](O)CN2CCC(C)(C)C2=O)C(C)C)ccc1OC. The lowest BCUT2D eigenvalue weighted by molar-refractivity contribution is -0.135. The van der Waals surface area contributed by atoms with Crippen molar-refractivity contribution in [3.8, 4) is 11.5 Å². The Labute approximate surface area is 199 Å². The van der Waals surface area contributed by atoms with Crippen LogP contribution in [0.2, 0.25) is 0 Å². The number of ether oxygens (including phenoxy) is 3. The molecule has 1 aromatic rings. The Hall–Kier alpha value is -1.83. The lowest BCUT2D eigenvalue weighted by atomic mass is 9.83. The van der Waals surface area contributed by atoms with Gasteiger partial charge >= 0.3 is 0 Å². The van der Waals surface area contributed by atoms with Crippen LogP contribution in [-0.4, -0.2) is 68.6 Å². The van der Waals surface area contributed by atoms with Crippen LogP contribution in [0.1, 0.15) is 52.5 Å². The largest absolute Gasteiger partial charge is 0.493 e. The molecule has 7 heteroatoms. The summed E-state index contributed by atoms with van der Waals surface area (Å²) in [5.74, 6) is 2.22. The molecule has 0 radical (unpaired) electrons. The number of β-amino-alcohol motifs (C(OH)–C–C–N with tert-alkyl or cyclic N) is 1. The molecule has 0 saturated carbocycles. The summed E-state index contributed by atoms with van der Waals surface area (Å²) in [7, 11) is 3.32. The summed E-state index contributed by atoms with van der Waals surface area (Å²) >= 11 is 0. The van der Waals surface area contributed by atoms with Crippen LogP contribution in [0.3, 0.4) is 0 Å². The van der Waals surface area contributed by atoms with E-state index in [0.717, 1.165) is 30.6 Å². The molecule has 1 amide bonds. The number of hydrogen-bond donors (Lipinski definition) is 2. The van der Waals surface area contributed by atoms with Gasteiger partial charge in [0.2, 0.25) is 5.91 Å². The van der Waals surface area contributed by atoms with Crippen LogP contribution in [0.25, 0.3) is 0 Å². The van der Waals surface area contributed by atoms with E-state index in [1.807, 2.05) is 26.0 Å². The molecular weight excluding hydrogens is 420 g/mol. The van der Waals surface area contributed by atoms with Gasteiger partial charge < -0.3 is 30.0 Å². The molecule has 0 aliphatic carbocycles. The van der Waals surface area contributed by atoms with Gasteiger partial charge in [-0.15, -0.1) is 0 Å². The molecule has 1 aliphatic rings. The van der Waals surface area contributed by atoms with Crippen molar-refractivity contribution in [1.29, 1.82) is 0 Å². The lowest BCUT2D eigenvalue weighted by Gasteiger charge is -2.30. The van der Waals surface area contributed by atoms with Gasteiger partial charge in [0.1, 0.15) is 0 Å². The number of carbonyl (C=O) groups excluding carboxylic acids is 1. The Bertz CT molecular complexity index is 752. The quantitative estimate of drug-likeness (QED) is 0.411. The van der Waals surface area contributed by atoms with Crippen molar-refractivity contribution in [2.75, 3.05) is 40.5 Å². The highest BCUT2D eigenvalue weighted by Crippen LogP contribution is 2.32. The number of nitrogens with two attached hydrogens (primary N) is 1. The number of rotatable bonds is 14. The smallest absolute Gasteiger partial charge is 0.228 e. The molecule has 2 rings (SSSR count). The predicted octanol–water partition coefficient (Wildman–Crippen LogP) is 3.26. The van der Waals surface area contributed by atoms with Crippen molar-refractivity contribution in [3.63, 3.8) is 0 Å². The third kappa shape index (κ3) is 7.87. The van der Waals surface area contributed by atoms with Crippen LogP contribution in [0, 0.1) is 17.3 Å². The standard InChI is InChI=1S/C26H44N2O5/c1-18(2)20(16-21(27)22(29)17-28-11-10-26(3,4)25(28)30)14-19-8-9-23(32-6)24(15-19)33-13-7-12-31-5/h8-9,15,18,20-22,29H,7,10-14,16-17,27H2,1-6H3/t20-,21-,22-/m0/s1. The van der Waals surface area contributed by atoms with Crippen molar-refractivity contribution < 1.29 is 24.1 Å². The molecule has 1 aliphatic heterocycles. The van der Waals surface area contributed by atoms with E-state index in [-0.39, 0.29) is 17.2 Å². The number of amides is 1. The predicted molar refractivity (Wildman–Crippen MR) is 131 cm³/mol. The first-order valence-electron chi connectivity index (χ1n) is 12.1. The van der Waals surface area contributed by atoms with E-state index in [1.165, 1.54) is 0 Å². The topological polar surface area (TPSA) is 94.3 Å². The highest BCUT2D eigenvalue weighted by Gasteiger charge is 2.39. The summed E-state index contributed by atoms with van der Waals surface area (Å²) in [4.78, 5) is 14.3. The minimum absolute atomic E-state index is 0.102. The first kappa shape index (κ1) is 27.4. The average Bonchev–Trinajstić information content (AvgIpc) is 3.03. The average molecular weight is 465 g/mol. The molecule has 0 spiro atoms. The molecule has 0 bridgehead atoms. The zero-order valence-corrected chi connectivity index (χ0v) is 21.3. The minimum atomic E-state index is -0.736. The van der Waals surface area contributed by atoms with E-state index in [2.05, 4.69) is 19.9 Å². The Morgan fingerprint density at radius 3 is 2.48 bits per heavy atom. The number of likely N-dealkylation sites (tertiary alicyclic amines) is 1. The third-order valence-electron chi connectivity index (χ3n) is 6.77. The molecule has 0 unspecified atom stereocenters. The second kappa shape index (κ2) is 12.6. The number of hydrogen-bond acceptors (Lipinski definition) is 6. The molecular formula is C26H44N2O5. The number of aliphatic hydroxyl groups excluding tert-OH is 1. The Morgan fingerprint density at radius 2 is 1.91 bits per heavy atom. The zero-order chi connectivity index (χ0) is 24.6. The van der Waals surface area contributed by atoms with Crippen molar-refractivity contribution in [1.82, 2.24) is 4.90 Å². The van der Waals surface area contributed by atoms with Crippen LogP contribution < -0.4 is 15.2 Å². The van der Waals surface area contributed by atoms with Gasteiger partial charge in [0, 0.05) is 44.7 Å². The summed E-state index contributed by atoms with van der Waals surface area (Å²) in [6.45, 7) is 10.5. The van der Waals surface area contributed by atoms with Crippen molar-refractivity contribution in [2.45, 2.75) is 65.5 Å². The van der Waals surface area contributed by atoms with Crippen LogP contribution >= 0.6 is 0 Å². The van der Waals surface area contributed by atoms with Crippen LogP contribution in [0.15, 0.2) is 18.2 Å². The zero-order valence-electron chi connectivity index (χ0n) is 21.3. The molecule has 3 atom stereocenters. The maximum Gasteiger partial charge on any atom is 0.228 e. The summed E-state index contributed by atoms with van der Waals surface area (Å²) in [5.41, 5.74) is 7.23. The Kier molecular flexibility index (Phi) is 10.5. The highest BCUT2D eigenvalue weighted by molar-refractivity contribution is 5.84. The van der Waals surface area contributed by atoms with Gasteiger partial charge in [-0.1, -0.05) is 33.8 Å². The van der Waals surface area contributed by atoms with Gasteiger partial charge in [0.15, 0.2) is 11.5 Å². The van der Waals surface area contributed by atoms with Gasteiger partial charge in [0.05, 0.1) is 19.8 Å². The summed E-state index contributed by atoms with van der Waals surface area (Å²) in [5, 5.41) is 10.8. The molecule has 1 fully saturated rings. The molecule has 188 valence electrons. The molecule has 0 aromatic heterocycles. The van der Waals surface area contributed by atoms with Gasteiger partial charge in [0.25, 0.3) is 0 Å². The molecule has 1 heterocycles. The first-order chi connectivity index (χ1) is 15.6. The molecule has 3 N–H and O–H groups in total. The summed E-state index contributed by atoms with van der Waals surface area (Å²) in [6.07, 6.45) is 2.39. The number of methoxy groups -OCH3 is 2. The maximum atomic E-state index is 12.5. The molecule has 1 aromatic carbocycles. The maximum absolute atomic E-state index is 12.5. The fourth-order valence-corrected chi connectivity index (χ4v) is 4.33. The number of carbonyl (C=O) groups is 1. The number of benzene rings is 1. The van der Waals surface area contributed by atoms with Gasteiger partial charge in [-0.05, 0) is 48.8 Å². The van der Waals surface area contributed by atoms with E-state index in [4.69, 9.17) is 19.9 Å². The van der Waals surface area contributed by atoms with Gasteiger partial charge in [-0.2, -0.15) is 0 Å². The fraction of sp³-hybridized carbons (Fsp3) is 0.731. The van der Waals surface area contributed by atoms with E-state index < -0.39 is 12.1 Å². The van der Waals surface area contributed by atoms with Crippen molar-refractivity contribution in [3.05, 3.63) is 23.8 Å². The van der Waals surface area contributed by atoms with E-state index in [0.29, 0.717) is 44.4 Å². The molecule has 1 saturated heterocycles. The number of aliphatic hydroxyl groups is 1. The van der Waals surface area contributed by atoms with Crippen LogP contribution in [0.5, 0.6) is 11.5 Å². The monoisotopic (exact) mass is 464 g/mol. The van der Waals surface area contributed by atoms with E-state index >= 15 is 0 Å². The van der Waals surface area contributed by atoms with Crippen molar-refractivity contribution in [2.24, 2.45) is 23.0 Å². The first-order valence-corrected chi connectivity index (χ1v) is 12.1. The number of nitrogens with zero attached hydrogens (tertiary/aromatic N) is 1. The lowest BCUT2D eigenvalue weighted by Crippen LogP contribution is -2.46. The van der Waals surface area contributed by atoms with Crippen LogP contribution in [0.4, 0.5) is 0 Å². The second-order valence-electron chi connectivity index (χ2n) is 10.2. The molecule has 33 heavy (non-hydrogen) atoms. The molecule has 7 nitrogen and oxygen atoms in total. The summed E-state index contributed by atoms with van der Waals surface area (Å²) < 4.78 is 16.5. The Balaban J connectivity index is 1.99. The third-order valence-corrected chi connectivity index (χ3v) is 6.77. The van der Waals surface area contributed by atoms with E-state index in [9.17, 15) is 9.90 Å². The van der Waals surface area contributed by atoms with Gasteiger partial charge in [-0.25, -0.2) is 0 Å². The highest BCUT2D eigenvalue weighted by atomic mass is 16.5. The normalized spacial score (nSPS) is 18.5. The Morgan fingerprint density at radius 1 is 1.18 bits per heavy atom.